The Morgan fingerprint density at radius 3 is 1.57 bits per heavy atom. The summed E-state index contributed by atoms with van der Waals surface area (Å²) in [5.74, 6) is -0.277. The zero-order chi connectivity index (χ0) is 22.0. The predicted molar refractivity (Wildman–Crippen MR) is 134 cm³/mol. The lowest BCUT2D eigenvalue weighted by Gasteiger charge is -2.19. The van der Waals surface area contributed by atoms with Crippen LogP contribution in [0.4, 0.5) is 4.39 Å². The van der Waals surface area contributed by atoms with Crippen molar-refractivity contribution in [1.82, 2.24) is 4.57 Å². The van der Waals surface area contributed by atoms with Gasteiger partial charge in [0.15, 0.2) is 0 Å². The summed E-state index contributed by atoms with van der Waals surface area (Å²) < 4.78 is 18.0. The summed E-state index contributed by atoms with van der Waals surface area (Å²) in [6, 6.07) is 16.7. The Bertz CT molecular complexity index is 1220. The third-order valence-electron chi connectivity index (χ3n) is 5.73. The highest BCUT2D eigenvalue weighted by Gasteiger charge is 2.21. The number of hydrogen-bond acceptors (Lipinski definition) is 0. The molecular formula is C26H26Br2FN. The summed E-state index contributed by atoms with van der Waals surface area (Å²) in [6.07, 6.45) is 0. The van der Waals surface area contributed by atoms with E-state index in [4.69, 9.17) is 0 Å². The summed E-state index contributed by atoms with van der Waals surface area (Å²) >= 11 is 6.94. The first-order valence-corrected chi connectivity index (χ1v) is 11.7. The molecule has 3 aromatic carbocycles. The Kier molecular flexibility index (Phi) is 5.18. The van der Waals surface area contributed by atoms with Gasteiger partial charge in [0.05, 0.1) is 21.2 Å². The number of aromatic nitrogens is 1. The van der Waals surface area contributed by atoms with E-state index in [-0.39, 0.29) is 16.6 Å². The molecule has 0 radical (unpaired) electrons. The van der Waals surface area contributed by atoms with Gasteiger partial charge in [0, 0.05) is 21.3 Å². The van der Waals surface area contributed by atoms with Crippen molar-refractivity contribution in [2.75, 3.05) is 0 Å². The first-order chi connectivity index (χ1) is 13.9. The number of nitrogens with zero attached hydrogens (tertiary/aromatic N) is 1. The van der Waals surface area contributed by atoms with Crippen molar-refractivity contribution in [2.45, 2.75) is 52.4 Å². The lowest BCUT2D eigenvalue weighted by atomic mass is 9.85. The molecule has 0 unspecified atom stereocenters. The van der Waals surface area contributed by atoms with Crippen LogP contribution in [0.3, 0.4) is 0 Å². The lowest BCUT2D eigenvalue weighted by molar-refractivity contribution is 0.590. The SMILES string of the molecule is CC(C)(C)c1ccc2c(c1)c1cc(C(C)(C)C)ccc1n2-c1cc(F)c(Br)cc1Br. The van der Waals surface area contributed by atoms with Crippen molar-refractivity contribution in [1.29, 1.82) is 0 Å². The van der Waals surface area contributed by atoms with Crippen LogP contribution in [-0.2, 0) is 10.8 Å². The molecule has 30 heavy (non-hydrogen) atoms. The van der Waals surface area contributed by atoms with Gasteiger partial charge in [-0.15, -0.1) is 0 Å². The maximum absolute atomic E-state index is 14.5. The van der Waals surface area contributed by atoms with E-state index in [0.29, 0.717) is 4.47 Å². The summed E-state index contributed by atoms with van der Waals surface area (Å²) in [5.41, 5.74) is 5.62. The van der Waals surface area contributed by atoms with Crippen molar-refractivity contribution in [3.63, 3.8) is 0 Å². The van der Waals surface area contributed by atoms with E-state index in [1.165, 1.54) is 21.9 Å². The number of fused-ring (bicyclic) bond motifs is 3. The molecule has 1 aromatic heterocycles. The van der Waals surface area contributed by atoms with E-state index in [2.05, 4.69) is 114 Å². The summed E-state index contributed by atoms with van der Waals surface area (Å²) in [4.78, 5) is 0. The Labute approximate surface area is 194 Å². The summed E-state index contributed by atoms with van der Waals surface area (Å²) in [6.45, 7) is 13.4. The highest BCUT2D eigenvalue weighted by Crippen LogP contribution is 2.39. The van der Waals surface area contributed by atoms with E-state index in [1.807, 2.05) is 0 Å². The van der Waals surface area contributed by atoms with E-state index in [9.17, 15) is 4.39 Å². The highest BCUT2D eigenvalue weighted by molar-refractivity contribution is 9.11. The molecule has 0 saturated heterocycles. The lowest BCUT2D eigenvalue weighted by Crippen LogP contribution is -2.10. The second kappa shape index (κ2) is 7.20. The number of halogens is 3. The minimum absolute atomic E-state index is 0.0502. The van der Waals surface area contributed by atoms with Gasteiger partial charge >= 0.3 is 0 Å². The molecule has 4 aromatic rings. The largest absolute Gasteiger partial charge is 0.308 e. The van der Waals surface area contributed by atoms with Gasteiger partial charge in [0.2, 0.25) is 0 Å². The van der Waals surface area contributed by atoms with E-state index >= 15 is 0 Å². The Hall–Kier alpha value is -1.65. The highest BCUT2D eigenvalue weighted by atomic mass is 79.9. The number of benzene rings is 3. The number of rotatable bonds is 1. The average molecular weight is 531 g/mol. The average Bonchev–Trinajstić information content (AvgIpc) is 2.96. The maximum atomic E-state index is 14.5. The predicted octanol–water partition coefficient (Wildman–Crippen LogP) is 9.04. The quantitative estimate of drug-likeness (QED) is 0.216. The van der Waals surface area contributed by atoms with Crippen LogP contribution < -0.4 is 0 Å². The second-order valence-electron chi connectivity index (χ2n) is 10.0. The maximum Gasteiger partial charge on any atom is 0.139 e. The zero-order valence-corrected chi connectivity index (χ0v) is 21.4. The molecule has 0 N–H and O–H groups in total. The molecule has 0 fully saturated rings. The molecule has 4 rings (SSSR count). The van der Waals surface area contributed by atoms with Gasteiger partial charge in [-0.2, -0.15) is 0 Å². The molecule has 1 nitrogen and oxygen atoms in total. The van der Waals surface area contributed by atoms with Crippen molar-refractivity contribution in [2.24, 2.45) is 0 Å². The Morgan fingerprint density at radius 2 is 1.13 bits per heavy atom. The van der Waals surface area contributed by atoms with Gasteiger partial charge in [-0.05, 0) is 84.1 Å². The Morgan fingerprint density at radius 1 is 0.667 bits per heavy atom. The van der Waals surface area contributed by atoms with Crippen LogP contribution in [0.15, 0.2) is 57.5 Å². The van der Waals surface area contributed by atoms with Crippen LogP contribution in [0.25, 0.3) is 27.5 Å². The summed E-state index contributed by atoms with van der Waals surface area (Å²) in [5, 5.41) is 2.39. The van der Waals surface area contributed by atoms with Crippen LogP contribution in [0.2, 0.25) is 0 Å². The summed E-state index contributed by atoms with van der Waals surface area (Å²) in [7, 11) is 0. The first-order valence-electron chi connectivity index (χ1n) is 10.1. The van der Waals surface area contributed by atoms with E-state index in [0.717, 1.165) is 21.2 Å². The van der Waals surface area contributed by atoms with E-state index in [1.54, 1.807) is 12.1 Å². The van der Waals surface area contributed by atoms with Crippen molar-refractivity contribution in [3.8, 4) is 5.69 Å². The molecule has 4 heteroatoms. The third kappa shape index (κ3) is 3.62. The molecule has 0 bridgehead atoms. The van der Waals surface area contributed by atoms with Crippen LogP contribution in [-0.4, -0.2) is 4.57 Å². The van der Waals surface area contributed by atoms with Crippen LogP contribution in [0, 0.1) is 5.82 Å². The van der Waals surface area contributed by atoms with Gasteiger partial charge < -0.3 is 4.57 Å². The van der Waals surface area contributed by atoms with E-state index < -0.39 is 0 Å². The first kappa shape index (κ1) is 21.6. The van der Waals surface area contributed by atoms with Crippen molar-refractivity contribution >= 4 is 53.7 Å². The zero-order valence-electron chi connectivity index (χ0n) is 18.2. The topological polar surface area (TPSA) is 4.93 Å². The standard InChI is InChI=1S/C26H26Br2FN/c1-25(2,3)15-7-9-22-17(11-15)18-12-16(26(4,5)6)8-10-23(18)30(22)24-14-21(29)19(27)13-20(24)28/h7-14H,1-6H3. The molecule has 0 amide bonds. The number of hydrogen-bond donors (Lipinski definition) is 0. The molecule has 0 atom stereocenters. The van der Waals surface area contributed by atoms with Crippen LogP contribution in [0.5, 0.6) is 0 Å². The van der Waals surface area contributed by atoms with Crippen LogP contribution in [0.1, 0.15) is 52.7 Å². The second-order valence-corrected chi connectivity index (χ2v) is 11.7. The third-order valence-corrected chi connectivity index (χ3v) is 6.97. The van der Waals surface area contributed by atoms with Crippen LogP contribution >= 0.6 is 31.9 Å². The monoisotopic (exact) mass is 529 g/mol. The van der Waals surface area contributed by atoms with Gasteiger partial charge in [0.1, 0.15) is 5.82 Å². The van der Waals surface area contributed by atoms with Crippen molar-refractivity contribution < 1.29 is 4.39 Å². The molecule has 156 valence electrons. The fraction of sp³-hybridized carbons (Fsp3) is 0.308. The molecular weight excluding hydrogens is 505 g/mol. The fourth-order valence-electron chi connectivity index (χ4n) is 3.90. The molecule has 0 aliphatic rings. The molecule has 0 spiro atoms. The minimum Gasteiger partial charge on any atom is -0.308 e. The van der Waals surface area contributed by atoms with Crippen molar-refractivity contribution in [3.05, 3.63) is 74.4 Å². The van der Waals surface area contributed by atoms with Gasteiger partial charge in [0.25, 0.3) is 0 Å². The Balaban J connectivity index is 2.16. The van der Waals surface area contributed by atoms with Gasteiger partial charge in [-0.25, -0.2) is 4.39 Å². The molecule has 0 saturated carbocycles. The van der Waals surface area contributed by atoms with Gasteiger partial charge in [-0.3, -0.25) is 0 Å². The molecule has 0 aliphatic carbocycles. The normalized spacial score (nSPS) is 12.8. The minimum atomic E-state index is -0.277. The molecule has 0 aliphatic heterocycles. The smallest absolute Gasteiger partial charge is 0.139 e. The fourth-order valence-corrected chi connectivity index (χ4v) is 5.07. The molecule has 1 heterocycles. The van der Waals surface area contributed by atoms with Gasteiger partial charge in [-0.1, -0.05) is 53.7 Å².